The van der Waals surface area contributed by atoms with Crippen LogP contribution in [0, 0.1) is 0 Å². The van der Waals surface area contributed by atoms with Gasteiger partial charge in [-0.1, -0.05) is 33.2 Å². The van der Waals surface area contributed by atoms with Crippen molar-refractivity contribution in [1.29, 1.82) is 0 Å². The first-order valence-corrected chi connectivity index (χ1v) is 6.93. The van der Waals surface area contributed by atoms with Gasteiger partial charge in [-0.3, -0.25) is 0 Å². The van der Waals surface area contributed by atoms with Crippen molar-refractivity contribution in [3.63, 3.8) is 0 Å². The summed E-state index contributed by atoms with van der Waals surface area (Å²) in [6, 6.07) is 15.8. The average molecular weight is 334 g/mol. The molecule has 3 N–H and O–H groups in total. The van der Waals surface area contributed by atoms with Crippen LogP contribution in [0.1, 0.15) is 11.1 Å². The number of halogens is 1. The molecule has 0 fully saturated rings. The van der Waals surface area contributed by atoms with Gasteiger partial charge in [-0.05, 0) is 42.0 Å². The standard InChI is InChI=1S/C15H16BrN3O/c1-19(10-11-2-6-13(16)7-3-11)14-8-4-12(5-9-14)15(17)18-20/h2-9,20H,10H2,1H3,(H2,17,18). The van der Waals surface area contributed by atoms with Gasteiger partial charge in [0, 0.05) is 29.3 Å². The van der Waals surface area contributed by atoms with E-state index in [0.29, 0.717) is 5.56 Å². The Labute approximate surface area is 126 Å². The minimum Gasteiger partial charge on any atom is -0.409 e. The molecule has 0 saturated carbocycles. The maximum atomic E-state index is 8.63. The zero-order chi connectivity index (χ0) is 14.5. The van der Waals surface area contributed by atoms with E-state index in [4.69, 9.17) is 10.9 Å². The van der Waals surface area contributed by atoms with Crippen LogP contribution >= 0.6 is 15.9 Å². The van der Waals surface area contributed by atoms with E-state index in [0.717, 1.165) is 16.7 Å². The Morgan fingerprint density at radius 2 is 1.75 bits per heavy atom. The van der Waals surface area contributed by atoms with Crippen molar-refractivity contribution in [2.75, 3.05) is 11.9 Å². The molecule has 0 radical (unpaired) electrons. The third kappa shape index (κ3) is 3.51. The van der Waals surface area contributed by atoms with E-state index in [9.17, 15) is 0 Å². The molecule has 20 heavy (non-hydrogen) atoms. The fourth-order valence-electron chi connectivity index (χ4n) is 1.90. The molecular weight excluding hydrogens is 318 g/mol. The molecule has 2 rings (SSSR count). The van der Waals surface area contributed by atoms with Crippen molar-refractivity contribution in [3.8, 4) is 0 Å². The summed E-state index contributed by atoms with van der Waals surface area (Å²) < 4.78 is 1.08. The molecule has 0 aliphatic rings. The van der Waals surface area contributed by atoms with E-state index in [-0.39, 0.29) is 5.84 Å². The van der Waals surface area contributed by atoms with E-state index in [2.05, 4.69) is 38.1 Å². The highest BCUT2D eigenvalue weighted by Gasteiger charge is 2.04. The Balaban J connectivity index is 2.09. The monoisotopic (exact) mass is 333 g/mol. The average Bonchev–Trinajstić information content (AvgIpc) is 2.49. The lowest BCUT2D eigenvalue weighted by Gasteiger charge is -2.19. The molecule has 0 atom stereocenters. The van der Waals surface area contributed by atoms with Crippen molar-refractivity contribution in [3.05, 3.63) is 64.1 Å². The van der Waals surface area contributed by atoms with E-state index < -0.39 is 0 Å². The Morgan fingerprint density at radius 1 is 1.15 bits per heavy atom. The first kappa shape index (κ1) is 14.4. The number of nitrogens with two attached hydrogens (primary N) is 1. The molecule has 2 aromatic carbocycles. The second-order valence-corrected chi connectivity index (χ2v) is 5.43. The minimum absolute atomic E-state index is 0.118. The van der Waals surface area contributed by atoms with Gasteiger partial charge in [0.2, 0.25) is 0 Å². The highest BCUT2D eigenvalue weighted by molar-refractivity contribution is 9.10. The number of hydrogen-bond acceptors (Lipinski definition) is 3. The van der Waals surface area contributed by atoms with Gasteiger partial charge in [0.1, 0.15) is 0 Å². The maximum Gasteiger partial charge on any atom is 0.170 e. The number of amidine groups is 1. The molecule has 0 aliphatic carbocycles. The fraction of sp³-hybridized carbons (Fsp3) is 0.133. The van der Waals surface area contributed by atoms with Gasteiger partial charge in [0.05, 0.1) is 0 Å². The lowest BCUT2D eigenvalue weighted by molar-refractivity contribution is 0.318. The summed E-state index contributed by atoms with van der Waals surface area (Å²) in [5.74, 6) is 0.118. The summed E-state index contributed by atoms with van der Waals surface area (Å²) in [5.41, 5.74) is 8.55. The zero-order valence-corrected chi connectivity index (χ0v) is 12.7. The molecule has 4 nitrogen and oxygen atoms in total. The van der Waals surface area contributed by atoms with E-state index in [1.165, 1.54) is 5.56 Å². The van der Waals surface area contributed by atoms with Crippen molar-refractivity contribution >= 4 is 27.5 Å². The first-order valence-electron chi connectivity index (χ1n) is 6.13. The van der Waals surface area contributed by atoms with Crippen LogP contribution in [0.2, 0.25) is 0 Å². The van der Waals surface area contributed by atoms with Crippen LogP contribution < -0.4 is 10.6 Å². The van der Waals surface area contributed by atoms with Crippen molar-refractivity contribution < 1.29 is 5.21 Å². The normalized spacial score (nSPS) is 11.4. The zero-order valence-electron chi connectivity index (χ0n) is 11.1. The fourth-order valence-corrected chi connectivity index (χ4v) is 2.16. The third-order valence-corrected chi connectivity index (χ3v) is 3.57. The predicted octanol–water partition coefficient (Wildman–Crippen LogP) is 3.18. The first-order chi connectivity index (χ1) is 9.60. The summed E-state index contributed by atoms with van der Waals surface area (Å²) in [6.07, 6.45) is 0. The van der Waals surface area contributed by atoms with Crippen LogP contribution in [-0.4, -0.2) is 18.1 Å². The molecule has 0 bridgehead atoms. The summed E-state index contributed by atoms with van der Waals surface area (Å²) in [4.78, 5) is 2.14. The number of oxime groups is 1. The Bertz CT molecular complexity index is 594. The molecule has 104 valence electrons. The molecule has 0 saturated heterocycles. The lowest BCUT2D eigenvalue weighted by Crippen LogP contribution is -2.17. The van der Waals surface area contributed by atoms with Crippen LogP contribution in [0.3, 0.4) is 0 Å². The Hall–Kier alpha value is -2.01. The Kier molecular flexibility index (Phi) is 4.63. The van der Waals surface area contributed by atoms with Gasteiger partial charge in [0.25, 0.3) is 0 Å². The molecule has 5 heteroatoms. The molecule has 0 amide bonds. The molecule has 0 aromatic heterocycles. The van der Waals surface area contributed by atoms with Crippen molar-refractivity contribution in [2.45, 2.75) is 6.54 Å². The van der Waals surface area contributed by atoms with E-state index in [1.54, 1.807) is 0 Å². The van der Waals surface area contributed by atoms with E-state index in [1.807, 2.05) is 43.4 Å². The summed E-state index contributed by atoms with van der Waals surface area (Å²) in [7, 11) is 2.03. The highest BCUT2D eigenvalue weighted by atomic mass is 79.9. The number of nitrogens with zero attached hydrogens (tertiary/aromatic N) is 2. The number of rotatable bonds is 4. The lowest BCUT2D eigenvalue weighted by atomic mass is 10.1. The largest absolute Gasteiger partial charge is 0.409 e. The molecule has 0 heterocycles. The van der Waals surface area contributed by atoms with Gasteiger partial charge < -0.3 is 15.8 Å². The second-order valence-electron chi connectivity index (χ2n) is 4.51. The predicted molar refractivity (Wildman–Crippen MR) is 85.2 cm³/mol. The van der Waals surface area contributed by atoms with Gasteiger partial charge in [0.15, 0.2) is 5.84 Å². The number of benzene rings is 2. The van der Waals surface area contributed by atoms with Gasteiger partial charge in [-0.15, -0.1) is 0 Å². The quantitative estimate of drug-likeness (QED) is 0.391. The Morgan fingerprint density at radius 3 is 2.30 bits per heavy atom. The van der Waals surface area contributed by atoms with Gasteiger partial charge in [-0.25, -0.2) is 0 Å². The van der Waals surface area contributed by atoms with Crippen LogP contribution in [-0.2, 0) is 6.54 Å². The maximum absolute atomic E-state index is 8.63. The molecular formula is C15H16BrN3O. The molecule has 0 unspecified atom stereocenters. The van der Waals surface area contributed by atoms with Gasteiger partial charge in [-0.2, -0.15) is 0 Å². The number of anilines is 1. The number of hydrogen-bond donors (Lipinski definition) is 2. The van der Waals surface area contributed by atoms with Crippen LogP contribution in [0.5, 0.6) is 0 Å². The van der Waals surface area contributed by atoms with Gasteiger partial charge >= 0.3 is 0 Å². The molecule has 0 spiro atoms. The van der Waals surface area contributed by atoms with Crippen LogP contribution in [0.15, 0.2) is 58.2 Å². The van der Waals surface area contributed by atoms with Crippen molar-refractivity contribution in [1.82, 2.24) is 0 Å². The topological polar surface area (TPSA) is 61.8 Å². The van der Waals surface area contributed by atoms with Crippen LogP contribution in [0.25, 0.3) is 0 Å². The van der Waals surface area contributed by atoms with Crippen molar-refractivity contribution in [2.24, 2.45) is 10.9 Å². The SMILES string of the molecule is CN(Cc1ccc(Br)cc1)c1ccc(C(N)=NO)cc1. The molecule has 2 aromatic rings. The smallest absolute Gasteiger partial charge is 0.170 e. The summed E-state index contributed by atoms with van der Waals surface area (Å²) in [6.45, 7) is 0.816. The minimum atomic E-state index is 0.118. The second kappa shape index (κ2) is 6.43. The molecule has 0 aliphatic heterocycles. The van der Waals surface area contributed by atoms with Crippen LogP contribution in [0.4, 0.5) is 5.69 Å². The highest BCUT2D eigenvalue weighted by Crippen LogP contribution is 2.18. The summed E-state index contributed by atoms with van der Waals surface area (Å²) >= 11 is 3.43. The van der Waals surface area contributed by atoms with E-state index >= 15 is 0 Å². The summed E-state index contributed by atoms with van der Waals surface area (Å²) in [5, 5.41) is 11.6. The third-order valence-electron chi connectivity index (χ3n) is 3.04.